The number of hydrazone groups is 1. The Hall–Kier alpha value is -1.87. The summed E-state index contributed by atoms with van der Waals surface area (Å²) < 4.78 is 35.8. The highest BCUT2D eigenvalue weighted by atomic mass is 79.9. The lowest BCUT2D eigenvalue weighted by Crippen LogP contribution is -2.29. The highest BCUT2D eigenvalue weighted by Gasteiger charge is 2.21. The third-order valence-electron chi connectivity index (χ3n) is 2.22. The molecular formula is C12H11BrF2N2O4. The van der Waals surface area contributed by atoms with Crippen molar-refractivity contribution in [1.29, 1.82) is 0 Å². The Balaban J connectivity index is 3.05. The molecule has 0 unspecified atom stereocenters. The first kappa shape index (κ1) is 17.2. The van der Waals surface area contributed by atoms with Crippen molar-refractivity contribution >= 4 is 39.1 Å². The molecule has 1 aromatic carbocycles. The molecule has 0 fully saturated rings. The third-order valence-corrected chi connectivity index (χ3v) is 2.82. The zero-order valence-corrected chi connectivity index (χ0v) is 12.7. The van der Waals surface area contributed by atoms with Crippen LogP contribution in [0.5, 0.6) is 0 Å². The summed E-state index contributed by atoms with van der Waals surface area (Å²) in [6, 6.07) is 1.70. The predicted octanol–water partition coefficient (Wildman–Crippen LogP) is 1.88. The molecule has 0 spiro atoms. The predicted molar refractivity (Wildman–Crippen MR) is 74.0 cm³/mol. The summed E-state index contributed by atoms with van der Waals surface area (Å²) in [5.74, 6) is -3.36. The Kier molecular flexibility index (Phi) is 6.38. The van der Waals surface area contributed by atoms with Crippen molar-refractivity contribution < 1.29 is 27.8 Å². The molecule has 1 aromatic rings. The summed E-state index contributed by atoms with van der Waals surface area (Å²) in [5.41, 5.74) is 1.14. The number of ketones is 1. The van der Waals surface area contributed by atoms with E-state index in [4.69, 9.17) is 0 Å². The van der Waals surface area contributed by atoms with Crippen molar-refractivity contribution in [3.63, 3.8) is 0 Å². The van der Waals surface area contributed by atoms with E-state index < -0.39 is 35.7 Å². The number of rotatable bonds is 6. The van der Waals surface area contributed by atoms with Gasteiger partial charge in [-0.25, -0.2) is 13.6 Å². The number of Topliss-reactive ketones (excluding diaryl/α,β-unsaturated/α-hetero) is 1. The van der Waals surface area contributed by atoms with Crippen LogP contribution in [0.2, 0.25) is 0 Å². The van der Waals surface area contributed by atoms with Gasteiger partial charge >= 0.3 is 5.97 Å². The standard InChI is InChI=1S/C12H11BrF2N2O4/c1-20-5-10(18)11(12(19)21-2)17-16-9-4-7(14)6(13)3-8(9)15/h3-4,16H,5H2,1-2H3/b17-11-. The minimum atomic E-state index is -1.03. The number of esters is 1. The van der Waals surface area contributed by atoms with E-state index >= 15 is 0 Å². The molecule has 114 valence electrons. The summed E-state index contributed by atoms with van der Waals surface area (Å²) in [6.07, 6.45) is 0. The van der Waals surface area contributed by atoms with E-state index in [0.717, 1.165) is 19.2 Å². The normalized spacial score (nSPS) is 11.2. The van der Waals surface area contributed by atoms with Gasteiger partial charge in [0, 0.05) is 13.2 Å². The van der Waals surface area contributed by atoms with Gasteiger partial charge in [-0.05, 0) is 22.0 Å². The minimum Gasteiger partial charge on any atom is -0.464 e. The number of hydrogen-bond donors (Lipinski definition) is 1. The lowest BCUT2D eigenvalue weighted by atomic mass is 10.2. The number of nitrogens with one attached hydrogen (secondary N) is 1. The van der Waals surface area contributed by atoms with Gasteiger partial charge in [-0.3, -0.25) is 10.2 Å². The van der Waals surface area contributed by atoms with E-state index in [2.05, 4.69) is 35.9 Å². The van der Waals surface area contributed by atoms with Gasteiger partial charge in [0.25, 0.3) is 0 Å². The van der Waals surface area contributed by atoms with Gasteiger partial charge in [-0.1, -0.05) is 0 Å². The number of methoxy groups -OCH3 is 2. The van der Waals surface area contributed by atoms with Crippen LogP contribution in [0.15, 0.2) is 21.7 Å². The maximum absolute atomic E-state index is 13.6. The summed E-state index contributed by atoms with van der Waals surface area (Å²) in [6.45, 7) is -0.410. The largest absolute Gasteiger partial charge is 0.464 e. The molecule has 9 heteroatoms. The molecule has 0 radical (unpaired) electrons. The van der Waals surface area contributed by atoms with Crippen LogP contribution < -0.4 is 5.43 Å². The molecule has 0 saturated carbocycles. The van der Waals surface area contributed by atoms with Gasteiger partial charge < -0.3 is 9.47 Å². The van der Waals surface area contributed by atoms with E-state index in [1.807, 2.05) is 0 Å². The molecule has 0 aromatic heterocycles. The van der Waals surface area contributed by atoms with E-state index in [1.54, 1.807) is 0 Å². The Morgan fingerprint density at radius 3 is 2.52 bits per heavy atom. The van der Waals surface area contributed by atoms with Crippen molar-refractivity contribution in [2.45, 2.75) is 0 Å². The van der Waals surface area contributed by atoms with Crippen molar-refractivity contribution in [3.05, 3.63) is 28.2 Å². The van der Waals surface area contributed by atoms with Crippen LogP contribution in [0.3, 0.4) is 0 Å². The molecule has 0 aliphatic heterocycles. The molecule has 0 bridgehead atoms. The number of halogens is 3. The molecule has 1 N–H and O–H groups in total. The Labute approximate surface area is 127 Å². The van der Waals surface area contributed by atoms with E-state index in [1.165, 1.54) is 7.11 Å². The van der Waals surface area contributed by atoms with Crippen LogP contribution in [-0.2, 0) is 19.1 Å². The fraction of sp³-hybridized carbons (Fsp3) is 0.250. The summed E-state index contributed by atoms with van der Waals surface area (Å²) in [7, 11) is 2.31. The molecule has 0 atom stereocenters. The van der Waals surface area contributed by atoms with Crippen LogP contribution in [0.1, 0.15) is 0 Å². The molecule has 0 heterocycles. The summed E-state index contributed by atoms with van der Waals surface area (Å²) >= 11 is 2.82. The second-order valence-electron chi connectivity index (χ2n) is 3.67. The second-order valence-corrected chi connectivity index (χ2v) is 4.52. The maximum Gasteiger partial charge on any atom is 0.362 e. The smallest absolute Gasteiger partial charge is 0.362 e. The highest BCUT2D eigenvalue weighted by Crippen LogP contribution is 2.23. The van der Waals surface area contributed by atoms with Crippen molar-refractivity contribution in [2.75, 3.05) is 26.3 Å². The zero-order chi connectivity index (χ0) is 16.0. The van der Waals surface area contributed by atoms with Crippen LogP contribution in [0.25, 0.3) is 0 Å². The van der Waals surface area contributed by atoms with Gasteiger partial charge in [0.1, 0.15) is 18.2 Å². The first-order chi connectivity index (χ1) is 9.90. The number of anilines is 1. The second kappa shape index (κ2) is 7.79. The number of nitrogens with zero attached hydrogens (tertiary/aromatic N) is 1. The van der Waals surface area contributed by atoms with Crippen LogP contribution in [-0.4, -0.2) is 38.3 Å². The first-order valence-electron chi connectivity index (χ1n) is 5.49. The number of carbonyl (C=O) groups excluding carboxylic acids is 2. The van der Waals surface area contributed by atoms with Crippen LogP contribution in [0.4, 0.5) is 14.5 Å². The molecule has 0 saturated heterocycles. The van der Waals surface area contributed by atoms with Crippen LogP contribution >= 0.6 is 15.9 Å². The zero-order valence-electron chi connectivity index (χ0n) is 11.1. The van der Waals surface area contributed by atoms with Crippen LogP contribution in [0, 0.1) is 11.6 Å². The lowest BCUT2D eigenvalue weighted by molar-refractivity contribution is -0.133. The maximum atomic E-state index is 13.6. The lowest BCUT2D eigenvalue weighted by Gasteiger charge is -2.06. The summed E-state index contributed by atoms with van der Waals surface area (Å²) in [4.78, 5) is 23.0. The van der Waals surface area contributed by atoms with Gasteiger partial charge in [0.15, 0.2) is 0 Å². The quantitative estimate of drug-likeness (QED) is 0.274. The molecular weight excluding hydrogens is 354 g/mol. The average molecular weight is 365 g/mol. The van der Waals surface area contributed by atoms with Gasteiger partial charge in [0.2, 0.25) is 11.5 Å². The summed E-state index contributed by atoms with van der Waals surface area (Å²) in [5, 5.41) is 3.46. The topological polar surface area (TPSA) is 77.0 Å². The number of ether oxygens (including phenoxy) is 2. The van der Waals surface area contributed by atoms with E-state index in [0.29, 0.717) is 0 Å². The molecule has 0 aliphatic carbocycles. The molecule has 21 heavy (non-hydrogen) atoms. The Morgan fingerprint density at radius 2 is 1.95 bits per heavy atom. The highest BCUT2D eigenvalue weighted by molar-refractivity contribution is 9.10. The van der Waals surface area contributed by atoms with Crippen molar-refractivity contribution in [3.8, 4) is 0 Å². The van der Waals surface area contributed by atoms with Gasteiger partial charge in [0.05, 0.1) is 17.3 Å². The Bertz CT molecular complexity index is 593. The van der Waals surface area contributed by atoms with Crippen molar-refractivity contribution in [2.24, 2.45) is 5.10 Å². The van der Waals surface area contributed by atoms with Gasteiger partial charge in [-0.2, -0.15) is 5.10 Å². The average Bonchev–Trinajstić information content (AvgIpc) is 2.44. The monoisotopic (exact) mass is 364 g/mol. The number of hydrogen-bond acceptors (Lipinski definition) is 6. The molecule has 6 nitrogen and oxygen atoms in total. The van der Waals surface area contributed by atoms with E-state index in [9.17, 15) is 18.4 Å². The number of carbonyl (C=O) groups is 2. The third kappa shape index (κ3) is 4.57. The van der Waals surface area contributed by atoms with Gasteiger partial charge in [-0.15, -0.1) is 0 Å². The van der Waals surface area contributed by atoms with Crippen molar-refractivity contribution in [1.82, 2.24) is 0 Å². The fourth-order valence-electron chi connectivity index (χ4n) is 1.24. The Morgan fingerprint density at radius 1 is 1.29 bits per heavy atom. The van der Waals surface area contributed by atoms with E-state index in [-0.39, 0.29) is 10.2 Å². The molecule has 0 aliphatic rings. The minimum absolute atomic E-state index is 0.0711. The SMILES string of the molecule is COCC(=O)/C(=N/Nc1cc(F)c(Br)cc1F)C(=O)OC. The number of benzene rings is 1. The molecule has 1 rings (SSSR count). The fourth-order valence-corrected chi connectivity index (χ4v) is 1.56. The molecule has 0 amide bonds. The first-order valence-corrected chi connectivity index (χ1v) is 6.28.